The molecule has 0 atom stereocenters. The first kappa shape index (κ1) is 15.2. The lowest BCUT2D eigenvalue weighted by Crippen LogP contribution is -2.58. The van der Waals surface area contributed by atoms with E-state index in [1.807, 2.05) is 0 Å². The van der Waals surface area contributed by atoms with Crippen molar-refractivity contribution in [2.24, 2.45) is 7.05 Å². The molecule has 128 valence electrons. The summed E-state index contributed by atoms with van der Waals surface area (Å²) in [5.74, 6) is -2.45. The molecule has 0 unspecified atom stereocenters. The smallest absolute Gasteiger partial charge is 0.290 e. The van der Waals surface area contributed by atoms with Crippen LogP contribution in [0.2, 0.25) is 0 Å². The predicted molar refractivity (Wildman–Crippen MR) is 83.2 cm³/mol. The molecule has 0 N–H and O–H groups in total. The van der Waals surface area contributed by atoms with Gasteiger partial charge in [-0.25, -0.2) is 23.7 Å². The maximum atomic E-state index is 13.0. The molecule has 7 nitrogen and oxygen atoms in total. The molecule has 2 aliphatic rings. The maximum Gasteiger partial charge on any atom is 0.290 e. The van der Waals surface area contributed by atoms with Gasteiger partial charge in [-0.2, -0.15) is 0 Å². The molecule has 1 amide bonds. The van der Waals surface area contributed by atoms with Crippen LogP contribution in [0, 0.1) is 0 Å². The van der Waals surface area contributed by atoms with E-state index >= 15 is 0 Å². The van der Waals surface area contributed by atoms with Gasteiger partial charge in [-0.15, -0.1) is 0 Å². The van der Waals surface area contributed by atoms with Crippen LogP contribution < -0.4 is 4.90 Å². The summed E-state index contributed by atoms with van der Waals surface area (Å²) in [5.41, 5.74) is 1.10. The third kappa shape index (κ3) is 2.38. The second-order valence-corrected chi connectivity index (χ2v) is 6.43. The van der Waals surface area contributed by atoms with Crippen molar-refractivity contribution in [1.82, 2.24) is 24.4 Å². The van der Waals surface area contributed by atoms with E-state index in [1.54, 1.807) is 11.6 Å². The van der Waals surface area contributed by atoms with E-state index in [2.05, 4.69) is 19.9 Å². The summed E-state index contributed by atoms with van der Waals surface area (Å²) in [7, 11) is 1.67. The van der Waals surface area contributed by atoms with Crippen LogP contribution in [0.25, 0.3) is 11.2 Å². The van der Waals surface area contributed by atoms with Crippen molar-refractivity contribution in [3.8, 4) is 0 Å². The molecule has 24 heavy (non-hydrogen) atoms. The fraction of sp³-hybridized carbons (Fsp3) is 0.600. The normalized spacial score (nSPS) is 20.3. The summed E-state index contributed by atoms with van der Waals surface area (Å²) in [6, 6.07) is 0. The fourth-order valence-corrected chi connectivity index (χ4v) is 3.31. The quantitative estimate of drug-likeness (QED) is 0.830. The maximum absolute atomic E-state index is 13.0. The number of fused-ring (bicyclic) bond motifs is 1. The number of likely N-dealkylation sites (tertiary alicyclic amines) is 1. The highest BCUT2D eigenvalue weighted by atomic mass is 19.3. The number of aryl methyl sites for hydroxylation is 1. The van der Waals surface area contributed by atoms with Crippen LogP contribution in [-0.4, -0.2) is 62.4 Å². The van der Waals surface area contributed by atoms with Gasteiger partial charge < -0.3 is 14.4 Å². The van der Waals surface area contributed by atoms with Crippen LogP contribution in [0.4, 0.5) is 14.6 Å². The number of imidazole rings is 1. The summed E-state index contributed by atoms with van der Waals surface area (Å²) in [6.45, 7) is 0.675. The van der Waals surface area contributed by atoms with Gasteiger partial charge >= 0.3 is 0 Å². The molecule has 2 aliphatic heterocycles. The molecule has 4 heterocycles. The molecule has 2 saturated heterocycles. The minimum Gasteiger partial charge on any atom is -0.355 e. The molecule has 2 fully saturated rings. The van der Waals surface area contributed by atoms with Gasteiger partial charge in [0.05, 0.1) is 13.1 Å². The number of aromatic nitrogens is 4. The highest BCUT2D eigenvalue weighted by molar-refractivity contribution is 5.96. The van der Waals surface area contributed by atoms with E-state index in [-0.39, 0.29) is 5.82 Å². The number of anilines is 1. The topological polar surface area (TPSA) is 67.2 Å². The number of alkyl halides is 2. The van der Waals surface area contributed by atoms with Crippen LogP contribution in [0.5, 0.6) is 0 Å². The molecule has 0 aliphatic carbocycles. The molecule has 2 aromatic rings. The van der Waals surface area contributed by atoms with Gasteiger partial charge in [-0.3, -0.25) is 4.79 Å². The second-order valence-electron chi connectivity index (χ2n) is 6.43. The van der Waals surface area contributed by atoms with Crippen molar-refractivity contribution < 1.29 is 13.6 Å². The summed E-state index contributed by atoms with van der Waals surface area (Å²) in [5, 5.41) is 0. The zero-order valence-electron chi connectivity index (χ0n) is 13.4. The minimum absolute atomic E-state index is 0.124. The Hall–Kier alpha value is -2.32. The number of carbonyl (C=O) groups is 1. The lowest BCUT2D eigenvalue weighted by Gasteiger charge is -2.38. The molecule has 4 rings (SSSR count). The van der Waals surface area contributed by atoms with Gasteiger partial charge in [0, 0.05) is 20.1 Å². The van der Waals surface area contributed by atoms with Gasteiger partial charge in [0.2, 0.25) is 5.82 Å². The number of rotatable bonds is 2. The molecular formula is C15H18F2N6O. The monoisotopic (exact) mass is 336 g/mol. The van der Waals surface area contributed by atoms with Gasteiger partial charge in [-0.1, -0.05) is 0 Å². The number of piperidine rings is 1. The van der Waals surface area contributed by atoms with Crippen LogP contribution in [0.3, 0.4) is 0 Å². The third-order valence-corrected chi connectivity index (χ3v) is 4.62. The molecule has 0 radical (unpaired) electrons. The molecule has 9 heteroatoms. The Morgan fingerprint density at radius 2 is 1.88 bits per heavy atom. The zero-order valence-corrected chi connectivity index (χ0v) is 13.4. The van der Waals surface area contributed by atoms with E-state index in [4.69, 9.17) is 0 Å². The standard InChI is InChI=1S/C15H18F2N6O/c1-21-11-10(12(19-9-18-11)22-5-3-2-4-6-22)20-13(21)14(24)23-7-15(16,17)8-23/h9H,2-8H2,1H3. The Morgan fingerprint density at radius 3 is 2.54 bits per heavy atom. The largest absolute Gasteiger partial charge is 0.355 e. The third-order valence-electron chi connectivity index (χ3n) is 4.62. The number of halogens is 2. The molecule has 0 aromatic carbocycles. The van der Waals surface area contributed by atoms with E-state index in [0.717, 1.165) is 30.8 Å². The SMILES string of the molecule is Cn1c(C(=O)N2CC(F)(F)C2)nc2c(N3CCCCC3)ncnc21. The Morgan fingerprint density at radius 1 is 1.17 bits per heavy atom. The van der Waals surface area contributed by atoms with Gasteiger partial charge in [0.1, 0.15) is 6.33 Å². The zero-order chi connectivity index (χ0) is 16.9. The molecule has 0 saturated carbocycles. The molecule has 2 aromatic heterocycles. The van der Waals surface area contributed by atoms with Crippen molar-refractivity contribution in [1.29, 1.82) is 0 Å². The van der Waals surface area contributed by atoms with Crippen molar-refractivity contribution in [2.45, 2.75) is 25.2 Å². The fourth-order valence-electron chi connectivity index (χ4n) is 3.31. The first-order chi connectivity index (χ1) is 11.5. The molecule has 0 bridgehead atoms. The van der Waals surface area contributed by atoms with Crippen LogP contribution in [0.1, 0.15) is 29.9 Å². The highest BCUT2D eigenvalue weighted by Gasteiger charge is 2.47. The molecule has 0 spiro atoms. The van der Waals surface area contributed by atoms with Crippen molar-refractivity contribution in [3.05, 3.63) is 12.2 Å². The Labute approximate surface area is 137 Å². The number of hydrogen-bond donors (Lipinski definition) is 0. The number of amides is 1. The first-order valence-corrected chi connectivity index (χ1v) is 8.06. The second kappa shape index (κ2) is 5.35. The lowest BCUT2D eigenvalue weighted by atomic mass is 10.1. The van der Waals surface area contributed by atoms with E-state index in [9.17, 15) is 13.6 Å². The van der Waals surface area contributed by atoms with Gasteiger partial charge in [-0.05, 0) is 19.3 Å². The van der Waals surface area contributed by atoms with Gasteiger partial charge in [0.15, 0.2) is 17.0 Å². The Kier molecular flexibility index (Phi) is 3.40. The molecular weight excluding hydrogens is 318 g/mol. The average Bonchev–Trinajstić information content (AvgIpc) is 2.90. The summed E-state index contributed by atoms with van der Waals surface area (Å²) in [6.07, 6.45) is 4.83. The highest BCUT2D eigenvalue weighted by Crippen LogP contribution is 2.30. The Balaban J connectivity index is 1.70. The number of nitrogens with zero attached hydrogens (tertiary/aromatic N) is 6. The summed E-state index contributed by atoms with van der Waals surface area (Å²) in [4.78, 5) is 28.6. The van der Waals surface area contributed by atoms with E-state index in [0.29, 0.717) is 17.0 Å². The van der Waals surface area contributed by atoms with Crippen LogP contribution >= 0.6 is 0 Å². The van der Waals surface area contributed by atoms with Crippen LogP contribution in [-0.2, 0) is 7.05 Å². The predicted octanol–water partition coefficient (Wildman–Crippen LogP) is 1.44. The number of carbonyl (C=O) groups excluding carboxylic acids is 1. The van der Waals surface area contributed by atoms with Gasteiger partial charge in [0.25, 0.3) is 11.8 Å². The van der Waals surface area contributed by atoms with Crippen LogP contribution in [0.15, 0.2) is 6.33 Å². The van der Waals surface area contributed by atoms with E-state index in [1.165, 1.54) is 12.7 Å². The van der Waals surface area contributed by atoms with Crippen molar-refractivity contribution in [2.75, 3.05) is 31.1 Å². The van der Waals surface area contributed by atoms with E-state index < -0.39 is 24.9 Å². The number of hydrogen-bond acceptors (Lipinski definition) is 5. The van der Waals surface area contributed by atoms with Crippen molar-refractivity contribution in [3.63, 3.8) is 0 Å². The minimum atomic E-state index is -2.79. The Bertz CT molecular complexity index is 791. The summed E-state index contributed by atoms with van der Waals surface area (Å²) < 4.78 is 27.6. The summed E-state index contributed by atoms with van der Waals surface area (Å²) >= 11 is 0. The average molecular weight is 336 g/mol. The first-order valence-electron chi connectivity index (χ1n) is 8.06. The van der Waals surface area contributed by atoms with Crippen molar-refractivity contribution >= 4 is 22.9 Å². The lowest BCUT2D eigenvalue weighted by molar-refractivity contribution is -0.113.